The van der Waals surface area contributed by atoms with Crippen molar-refractivity contribution in [2.24, 2.45) is 11.8 Å². The van der Waals surface area contributed by atoms with Crippen LogP contribution in [-0.2, 0) is 6.54 Å². The summed E-state index contributed by atoms with van der Waals surface area (Å²) < 4.78 is 0. The smallest absolute Gasteiger partial charge is 0.261 e. The molecule has 1 aromatic heterocycles. The summed E-state index contributed by atoms with van der Waals surface area (Å²) in [5.74, 6) is 0.284. The van der Waals surface area contributed by atoms with Crippen molar-refractivity contribution < 1.29 is 14.4 Å². The summed E-state index contributed by atoms with van der Waals surface area (Å²) in [4.78, 5) is 45.5. The van der Waals surface area contributed by atoms with Crippen LogP contribution in [-0.4, -0.2) is 58.7 Å². The Labute approximate surface area is 162 Å². The van der Waals surface area contributed by atoms with Gasteiger partial charge in [0.15, 0.2) is 0 Å². The molecule has 0 saturated carbocycles. The summed E-state index contributed by atoms with van der Waals surface area (Å²) in [6, 6.07) is 8.40. The number of likely N-dealkylation sites (tertiary alicyclic amines) is 1. The van der Waals surface area contributed by atoms with Crippen LogP contribution < -0.4 is 5.32 Å². The topological polar surface area (TPSA) is 82.6 Å². The van der Waals surface area contributed by atoms with Crippen LogP contribution in [0.4, 0.5) is 0 Å². The minimum absolute atomic E-state index is 0.0648. The molecule has 2 fully saturated rings. The molecule has 0 bridgehead atoms. The van der Waals surface area contributed by atoms with Crippen LogP contribution in [0.3, 0.4) is 0 Å². The standard InChI is InChI=1S/C21H20N4O3/c26-19(24-11-15-8-23-9-16(15)12-24)14-1-2-17-18(7-14)21(28)25(20(17)27)10-13-3-5-22-6-4-13/h1-7,15-16,23H,8-12H2/t15-,16+. The first-order valence-corrected chi connectivity index (χ1v) is 9.51. The number of pyridine rings is 1. The Hall–Kier alpha value is -3.06. The van der Waals surface area contributed by atoms with Crippen molar-refractivity contribution in [1.82, 2.24) is 20.1 Å². The first-order valence-electron chi connectivity index (χ1n) is 9.51. The molecule has 142 valence electrons. The van der Waals surface area contributed by atoms with Gasteiger partial charge in [0.1, 0.15) is 0 Å². The third kappa shape index (κ3) is 2.70. The zero-order valence-electron chi connectivity index (χ0n) is 15.3. The van der Waals surface area contributed by atoms with E-state index in [0.29, 0.717) is 28.5 Å². The molecule has 2 atom stereocenters. The number of imide groups is 1. The van der Waals surface area contributed by atoms with E-state index in [1.807, 2.05) is 4.90 Å². The number of nitrogens with one attached hydrogen (secondary N) is 1. The number of carbonyl (C=O) groups excluding carboxylic acids is 3. The molecule has 2 saturated heterocycles. The zero-order chi connectivity index (χ0) is 19.3. The second-order valence-corrected chi connectivity index (χ2v) is 7.70. The van der Waals surface area contributed by atoms with Gasteiger partial charge in [-0.3, -0.25) is 24.3 Å². The van der Waals surface area contributed by atoms with Crippen LogP contribution in [0.15, 0.2) is 42.7 Å². The maximum absolute atomic E-state index is 12.9. The van der Waals surface area contributed by atoms with Gasteiger partial charge < -0.3 is 10.2 Å². The van der Waals surface area contributed by atoms with Gasteiger partial charge in [0.25, 0.3) is 17.7 Å². The molecule has 0 aliphatic carbocycles. The van der Waals surface area contributed by atoms with E-state index in [-0.39, 0.29) is 24.3 Å². The average molecular weight is 376 g/mol. The number of benzene rings is 1. The summed E-state index contributed by atoms with van der Waals surface area (Å²) in [5, 5.41) is 3.36. The number of fused-ring (bicyclic) bond motifs is 2. The van der Waals surface area contributed by atoms with Crippen LogP contribution in [0, 0.1) is 11.8 Å². The normalized spacial score (nSPS) is 23.3. The van der Waals surface area contributed by atoms with E-state index in [1.54, 1.807) is 42.7 Å². The third-order valence-electron chi connectivity index (χ3n) is 5.98. The fourth-order valence-electron chi connectivity index (χ4n) is 4.44. The summed E-state index contributed by atoms with van der Waals surface area (Å²) in [6.07, 6.45) is 3.26. The Bertz CT molecular complexity index is 963. The lowest BCUT2D eigenvalue weighted by atomic mass is 10.0. The van der Waals surface area contributed by atoms with Crippen molar-refractivity contribution in [1.29, 1.82) is 0 Å². The summed E-state index contributed by atoms with van der Waals surface area (Å²) in [7, 11) is 0. The second-order valence-electron chi connectivity index (χ2n) is 7.70. The number of hydrogen-bond acceptors (Lipinski definition) is 5. The molecule has 5 rings (SSSR count). The lowest BCUT2D eigenvalue weighted by Gasteiger charge is -2.17. The van der Waals surface area contributed by atoms with E-state index >= 15 is 0 Å². The Balaban J connectivity index is 1.37. The summed E-state index contributed by atoms with van der Waals surface area (Å²) in [5.41, 5.74) is 1.97. The van der Waals surface area contributed by atoms with Gasteiger partial charge in [-0.1, -0.05) is 0 Å². The molecule has 1 aromatic carbocycles. The highest BCUT2D eigenvalue weighted by Gasteiger charge is 2.40. The van der Waals surface area contributed by atoms with Gasteiger partial charge in [0, 0.05) is 44.1 Å². The molecule has 7 heteroatoms. The van der Waals surface area contributed by atoms with Crippen LogP contribution in [0.2, 0.25) is 0 Å². The maximum Gasteiger partial charge on any atom is 0.261 e. The zero-order valence-corrected chi connectivity index (χ0v) is 15.3. The molecule has 1 N–H and O–H groups in total. The summed E-state index contributed by atoms with van der Waals surface area (Å²) in [6.45, 7) is 3.59. The predicted molar refractivity (Wildman–Crippen MR) is 101 cm³/mol. The molecule has 3 aliphatic heterocycles. The minimum Gasteiger partial charge on any atom is -0.338 e. The van der Waals surface area contributed by atoms with E-state index in [1.165, 1.54) is 4.90 Å². The molecular weight excluding hydrogens is 356 g/mol. The van der Waals surface area contributed by atoms with Gasteiger partial charge in [0.2, 0.25) is 0 Å². The number of nitrogens with zero attached hydrogens (tertiary/aromatic N) is 3. The van der Waals surface area contributed by atoms with Crippen molar-refractivity contribution in [2.75, 3.05) is 26.2 Å². The third-order valence-corrected chi connectivity index (χ3v) is 5.98. The number of amides is 3. The Kier molecular flexibility index (Phi) is 3.98. The van der Waals surface area contributed by atoms with Crippen molar-refractivity contribution in [3.63, 3.8) is 0 Å². The monoisotopic (exact) mass is 376 g/mol. The largest absolute Gasteiger partial charge is 0.338 e. The first-order chi connectivity index (χ1) is 13.6. The molecule has 2 aromatic rings. The van der Waals surface area contributed by atoms with E-state index in [4.69, 9.17) is 0 Å². The molecule has 0 unspecified atom stereocenters. The first kappa shape index (κ1) is 17.1. The molecule has 4 heterocycles. The molecule has 3 aliphatic rings. The van der Waals surface area contributed by atoms with Gasteiger partial charge in [-0.15, -0.1) is 0 Å². The van der Waals surface area contributed by atoms with Crippen molar-refractivity contribution in [2.45, 2.75) is 6.54 Å². The van der Waals surface area contributed by atoms with Crippen LogP contribution in [0.5, 0.6) is 0 Å². The van der Waals surface area contributed by atoms with Crippen molar-refractivity contribution >= 4 is 17.7 Å². The number of aromatic nitrogens is 1. The highest BCUT2D eigenvalue weighted by atomic mass is 16.2. The minimum atomic E-state index is -0.353. The Morgan fingerprint density at radius 3 is 2.39 bits per heavy atom. The number of hydrogen-bond donors (Lipinski definition) is 1. The number of carbonyl (C=O) groups is 3. The lowest BCUT2D eigenvalue weighted by Crippen LogP contribution is -2.32. The molecule has 0 radical (unpaired) electrons. The van der Waals surface area contributed by atoms with Crippen molar-refractivity contribution in [3.05, 3.63) is 65.0 Å². The van der Waals surface area contributed by atoms with E-state index in [9.17, 15) is 14.4 Å². The second kappa shape index (κ2) is 6.53. The van der Waals surface area contributed by atoms with Gasteiger partial charge in [-0.2, -0.15) is 0 Å². The average Bonchev–Trinajstić information content (AvgIpc) is 3.38. The Morgan fingerprint density at radius 2 is 1.68 bits per heavy atom. The van der Waals surface area contributed by atoms with Crippen LogP contribution >= 0.6 is 0 Å². The highest BCUT2D eigenvalue weighted by molar-refractivity contribution is 6.22. The molecule has 3 amide bonds. The summed E-state index contributed by atoms with van der Waals surface area (Å²) >= 11 is 0. The molecule has 0 spiro atoms. The Morgan fingerprint density at radius 1 is 1.00 bits per heavy atom. The fraction of sp³-hybridized carbons (Fsp3) is 0.333. The number of rotatable bonds is 3. The van der Waals surface area contributed by atoms with Crippen LogP contribution in [0.1, 0.15) is 36.6 Å². The molecule has 7 nitrogen and oxygen atoms in total. The SMILES string of the molecule is O=C(c1ccc2c(c1)C(=O)N(Cc1ccncc1)C2=O)N1C[C@H]2CNC[C@H]2C1. The van der Waals surface area contributed by atoms with Crippen LogP contribution in [0.25, 0.3) is 0 Å². The van der Waals surface area contributed by atoms with E-state index < -0.39 is 0 Å². The van der Waals surface area contributed by atoms with Gasteiger partial charge >= 0.3 is 0 Å². The van der Waals surface area contributed by atoms with E-state index in [2.05, 4.69) is 10.3 Å². The van der Waals surface area contributed by atoms with Gasteiger partial charge in [-0.25, -0.2) is 0 Å². The lowest BCUT2D eigenvalue weighted by molar-refractivity contribution is 0.0642. The molecule has 28 heavy (non-hydrogen) atoms. The maximum atomic E-state index is 12.9. The highest BCUT2D eigenvalue weighted by Crippen LogP contribution is 2.29. The van der Waals surface area contributed by atoms with Gasteiger partial charge in [0.05, 0.1) is 17.7 Å². The van der Waals surface area contributed by atoms with Gasteiger partial charge in [-0.05, 0) is 47.7 Å². The quantitative estimate of drug-likeness (QED) is 0.813. The van der Waals surface area contributed by atoms with Crippen molar-refractivity contribution in [3.8, 4) is 0 Å². The fourth-order valence-corrected chi connectivity index (χ4v) is 4.44. The molecular formula is C21H20N4O3. The van der Waals surface area contributed by atoms with E-state index in [0.717, 1.165) is 31.7 Å². The predicted octanol–water partition coefficient (Wildman–Crippen LogP) is 1.17.